The number of aromatic nitrogens is 4. The number of alkyl halides is 1. The first-order chi connectivity index (χ1) is 8.74. The van der Waals surface area contributed by atoms with Gasteiger partial charge >= 0.3 is 0 Å². The molecule has 0 radical (unpaired) electrons. The summed E-state index contributed by atoms with van der Waals surface area (Å²) in [7, 11) is 1.64. The van der Waals surface area contributed by atoms with E-state index in [2.05, 4.69) is 10.2 Å². The van der Waals surface area contributed by atoms with Gasteiger partial charge in [-0.15, -0.1) is 11.6 Å². The molecule has 0 saturated heterocycles. The molecule has 0 aliphatic rings. The van der Waals surface area contributed by atoms with Crippen LogP contribution >= 0.6 is 11.6 Å². The average molecular weight is 269 g/mol. The van der Waals surface area contributed by atoms with Crippen molar-refractivity contribution in [2.24, 2.45) is 0 Å². The van der Waals surface area contributed by atoms with Gasteiger partial charge in [-0.25, -0.2) is 4.68 Å². The minimum atomic E-state index is -0.159. The third-order valence-corrected chi connectivity index (χ3v) is 2.67. The predicted octanol–water partition coefficient (Wildman–Crippen LogP) is 0.814. The summed E-state index contributed by atoms with van der Waals surface area (Å²) in [4.78, 5) is 11.4. The second-order valence-electron chi connectivity index (χ2n) is 3.66. The van der Waals surface area contributed by atoms with E-state index in [1.807, 2.05) is 6.20 Å². The van der Waals surface area contributed by atoms with E-state index in [-0.39, 0.29) is 11.3 Å². The fourth-order valence-corrected chi connectivity index (χ4v) is 1.65. The van der Waals surface area contributed by atoms with Crippen molar-refractivity contribution in [3.05, 3.63) is 40.6 Å². The third kappa shape index (κ3) is 2.77. The summed E-state index contributed by atoms with van der Waals surface area (Å²) in [5.74, 6) is 0.0947. The van der Waals surface area contributed by atoms with Crippen LogP contribution in [0.5, 0.6) is 0 Å². The summed E-state index contributed by atoms with van der Waals surface area (Å²) >= 11 is 5.65. The Balaban J connectivity index is 2.25. The largest absolute Gasteiger partial charge is 0.383 e. The molecule has 18 heavy (non-hydrogen) atoms. The van der Waals surface area contributed by atoms with Gasteiger partial charge in [0.15, 0.2) is 0 Å². The van der Waals surface area contributed by atoms with Crippen molar-refractivity contribution in [3.63, 3.8) is 0 Å². The van der Waals surface area contributed by atoms with Crippen molar-refractivity contribution in [2.75, 3.05) is 13.7 Å². The van der Waals surface area contributed by atoms with Crippen LogP contribution in [0.4, 0.5) is 0 Å². The van der Waals surface area contributed by atoms with Gasteiger partial charge in [-0.1, -0.05) is 0 Å². The average Bonchev–Trinajstić information content (AvgIpc) is 2.85. The molecule has 0 aliphatic carbocycles. The lowest BCUT2D eigenvalue weighted by atomic mass is 10.4. The van der Waals surface area contributed by atoms with E-state index < -0.39 is 0 Å². The lowest BCUT2D eigenvalue weighted by Gasteiger charge is -2.02. The zero-order chi connectivity index (χ0) is 13.0. The Bertz CT molecular complexity index is 578. The predicted molar refractivity (Wildman–Crippen MR) is 67.1 cm³/mol. The number of rotatable bonds is 5. The molecule has 0 saturated carbocycles. The van der Waals surface area contributed by atoms with Crippen LogP contribution < -0.4 is 5.43 Å². The summed E-state index contributed by atoms with van der Waals surface area (Å²) in [6.45, 7) is 1.25. The Morgan fingerprint density at radius 3 is 3.06 bits per heavy atom. The summed E-state index contributed by atoms with van der Waals surface area (Å²) in [5.41, 5.74) is 0.939. The first-order valence-electron chi connectivity index (χ1n) is 5.41. The van der Waals surface area contributed by atoms with Gasteiger partial charge in [0, 0.05) is 19.4 Å². The maximum Gasteiger partial charge on any atom is 0.204 e. The topological polar surface area (TPSA) is 61.9 Å². The molecule has 2 rings (SSSR count). The van der Waals surface area contributed by atoms with Gasteiger partial charge in [0.2, 0.25) is 5.43 Å². The standard InChI is InChI=1S/C11H13ClN4O2/c1-18-5-4-15-8-9(7-13-15)16-3-2-11(17)10(6-12)14-16/h2-3,7-8H,4-6H2,1H3. The highest BCUT2D eigenvalue weighted by Crippen LogP contribution is 2.04. The maximum absolute atomic E-state index is 11.4. The first kappa shape index (κ1) is 12.8. The number of ether oxygens (including phenoxy) is 1. The number of nitrogens with zero attached hydrogens (tertiary/aromatic N) is 4. The Labute approximate surface area is 109 Å². The van der Waals surface area contributed by atoms with Gasteiger partial charge in [-0.05, 0) is 0 Å². The Hall–Kier alpha value is -1.66. The Morgan fingerprint density at radius 1 is 1.50 bits per heavy atom. The smallest absolute Gasteiger partial charge is 0.204 e. The molecule has 7 heteroatoms. The fraction of sp³-hybridized carbons (Fsp3) is 0.364. The molecule has 0 aromatic carbocycles. The third-order valence-electron chi connectivity index (χ3n) is 2.42. The first-order valence-corrected chi connectivity index (χ1v) is 5.94. The van der Waals surface area contributed by atoms with Crippen LogP contribution in [0.1, 0.15) is 5.69 Å². The van der Waals surface area contributed by atoms with Gasteiger partial charge in [0.25, 0.3) is 0 Å². The summed E-state index contributed by atoms with van der Waals surface area (Å²) < 4.78 is 8.30. The van der Waals surface area contributed by atoms with E-state index >= 15 is 0 Å². The summed E-state index contributed by atoms with van der Waals surface area (Å²) in [6.07, 6.45) is 5.09. The van der Waals surface area contributed by atoms with E-state index in [0.717, 1.165) is 5.69 Å². The summed E-state index contributed by atoms with van der Waals surface area (Å²) in [5, 5.41) is 8.32. The maximum atomic E-state index is 11.4. The van der Waals surface area contributed by atoms with Crippen molar-refractivity contribution in [1.82, 2.24) is 19.6 Å². The molecule has 6 nitrogen and oxygen atoms in total. The van der Waals surface area contributed by atoms with E-state index in [4.69, 9.17) is 16.3 Å². The van der Waals surface area contributed by atoms with Crippen molar-refractivity contribution in [1.29, 1.82) is 0 Å². The molecule has 2 heterocycles. The minimum absolute atomic E-state index is 0.0947. The lowest BCUT2D eigenvalue weighted by Crippen LogP contribution is -2.14. The zero-order valence-electron chi connectivity index (χ0n) is 9.91. The molecule has 0 bridgehead atoms. The van der Waals surface area contributed by atoms with Gasteiger partial charge in [0.1, 0.15) is 11.4 Å². The second kappa shape index (κ2) is 5.79. The Kier molecular flexibility index (Phi) is 4.11. The molecule has 0 fully saturated rings. The molecule has 2 aromatic rings. The lowest BCUT2D eigenvalue weighted by molar-refractivity contribution is 0.183. The SMILES string of the molecule is COCCn1cc(-n2ccc(=O)c(CCl)n2)cn1. The molecule has 2 aromatic heterocycles. The van der Waals surface area contributed by atoms with E-state index in [1.54, 1.807) is 28.9 Å². The van der Waals surface area contributed by atoms with Crippen LogP contribution in [0.25, 0.3) is 5.69 Å². The van der Waals surface area contributed by atoms with Gasteiger partial charge < -0.3 is 4.74 Å². The molecule has 0 amide bonds. The van der Waals surface area contributed by atoms with Crippen LogP contribution in [-0.2, 0) is 17.2 Å². The quantitative estimate of drug-likeness (QED) is 0.753. The van der Waals surface area contributed by atoms with Crippen LogP contribution in [0.15, 0.2) is 29.5 Å². The number of halogens is 1. The van der Waals surface area contributed by atoms with Gasteiger partial charge in [-0.3, -0.25) is 9.48 Å². The van der Waals surface area contributed by atoms with Crippen molar-refractivity contribution in [3.8, 4) is 5.69 Å². The van der Waals surface area contributed by atoms with Gasteiger partial charge in [0.05, 0.1) is 31.4 Å². The van der Waals surface area contributed by atoms with Crippen molar-refractivity contribution < 1.29 is 4.74 Å². The highest BCUT2D eigenvalue weighted by Gasteiger charge is 2.04. The highest BCUT2D eigenvalue weighted by molar-refractivity contribution is 6.16. The Morgan fingerprint density at radius 2 is 2.33 bits per heavy atom. The fourth-order valence-electron chi connectivity index (χ4n) is 1.46. The van der Waals surface area contributed by atoms with Crippen LogP contribution in [0.2, 0.25) is 0 Å². The molecule has 0 unspecified atom stereocenters. The molecule has 0 atom stereocenters. The number of methoxy groups -OCH3 is 1. The van der Waals surface area contributed by atoms with Crippen molar-refractivity contribution in [2.45, 2.75) is 12.4 Å². The molecule has 96 valence electrons. The monoisotopic (exact) mass is 268 g/mol. The molecular weight excluding hydrogens is 256 g/mol. The van der Waals surface area contributed by atoms with Crippen LogP contribution in [0, 0.1) is 0 Å². The molecule has 0 N–H and O–H groups in total. The number of hydrogen-bond donors (Lipinski definition) is 0. The minimum Gasteiger partial charge on any atom is -0.383 e. The van der Waals surface area contributed by atoms with Gasteiger partial charge in [-0.2, -0.15) is 10.2 Å². The zero-order valence-corrected chi connectivity index (χ0v) is 10.7. The van der Waals surface area contributed by atoms with E-state index in [9.17, 15) is 4.79 Å². The molecule has 0 spiro atoms. The normalized spacial score (nSPS) is 10.8. The van der Waals surface area contributed by atoms with E-state index in [1.165, 1.54) is 6.07 Å². The van der Waals surface area contributed by atoms with Crippen molar-refractivity contribution >= 4 is 11.6 Å². The van der Waals surface area contributed by atoms with Crippen LogP contribution in [0.3, 0.4) is 0 Å². The van der Waals surface area contributed by atoms with E-state index in [0.29, 0.717) is 18.8 Å². The molecule has 0 aliphatic heterocycles. The van der Waals surface area contributed by atoms with Crippen LogP contribution in [-0.4, -0.2) is 33.3 Å². The molecular formula is C11H13ClN4O2. The summed E-state index contributed by atoms with van der Waals surface area (Å²) in [6, 6.07) is 1.44. The highest BCUT2D eigenvalue weighted by atomic mass is 35.5. The second-order valence-corrected chi connectivity index (χ2v) is 3.93. The number of hydrogen-bond acceptors (Lipinski definition) is 4.